The molecule has 0 aliphatic carbocycles. The summed E-state index contributed by atoms with van der Waals surface area (Å²) in [7, 11) is 1.68. The number of aromatic nitrogens is 3. The van der Waals surface area contributed by atoms with E-state index in [1.54, 1.807) is 19.3 Å². The molecule has 2 aromatic heterocycles. The number of fused-ring (bicyclic) bond motifs is 1. The third kappa shape index (κ3) is 0.756. The summed E-state index contributed by atoms with van der Waals surface area (Å²) in [6.07, 6.45) is 3.22. The van der Waals surface area contributed by atoms with Crippen LogP contribution in [-0.4, -0.2) is 14.5 Å². The maximum absolute atomic E-state index is 11.3. The highest BCUT2D eigenvalue weighted by atomic mass is 16.1. The van der Waals surface area contributed by atoms with E-state index in [9.17, 15) is 4.79 Å². The Morgan fingerprint density at radius 2 is 2.45 bits per heavy atom. The van der Waals surface area contributed by atoms with Crippen molar-refractivity contribution in [2.75, 3.05) is 0 Å². The lowest BCUT2D eigenvalue weighted by Crippen LogP contribution is -2.16. The van der Waals surface area contributed by atoms with E-state index in [1.807, 2.05) is 0 Å². The summed E-state index contributed by atoms with van der Waals surface area (Å²) in [5, 5.41) is 0. The van der Waals surface area contributed by atoms with Gasteiger partial charge in [-0.05, 0) is 6.07 Å². The van der Waals surface area contributed by atoms with Crippen molar-refractivity contribution >= 4 is 11.0 Å². The first-order chi connectivity index (χ1) is 5.29. The SMILES string of the molecule is Cn1cnc2cc[nH]c2c1=O. The molecular formula is C7H7N3O. The molecule has 0 aliphatic heterocycles. The number of nitrogens with one attached hydrogen (secondary N) is 1. The summed E-state index contributed by atoms with van der Waals surface area (Å²) in [6.45, 7) is 0. The molecule has 4 nitrogen and oxygen atoms in total. The minimum absolute atomic E-state index is 0.0417. The fraction of sp³-hybridized carbons (Fsp3) is 0.143. The van der Waals surface area contributed by atoms with E-state index in [-0.39, 0.29) is 5.56 Å². The summed E-state index contributed by atoms with van der Waals surface area (Å²) < 4.78 is 1.44. The van der Waals surface area contributed by atoms with Crippen LogP contribution < -0.4 is 5.56 Å². The van der Waals surface area contributed by atoms with Crippen LogP contribution >= 0.6 is 0 Å². The number of aryl methyl sites for hydroxylation is 1. The lowest BCUT2D eigenvalue weighted by molar-refractivity contribution is 0.840. The molecular weight excluding hydrogens is 142 g/mol. The minimum Gasteiger partial charge on any atom is -0.355 e. The molecule has 4 heteroatoms. The molecule has 0 unspecified atom stereocenters. The Morgan fingerprint density at radius 1 is 1.64 bits per heavy atom. The zero-order valence-electron chi connectivity index (χ0n) is 6.03. The third-order valence-corrected chi connectivity index (χ3v) is 1.63. The van der Waals surface area contributed by atoms with Crippen molar-refractivity contribution in [2.24, 2.45) is 7.05 Å². The van der Waals surface area contributed by atoms with Gasteiger partial charge in [-0.3, -0.25) is 4.79 Å². The number of nitrogens with zero attached hydrogens (tertiary/aromatic N) is 2. The monoisotopic (exact) mass is 149 g/mol. The van der Waals surface area contributed by atoms with Gasteiger partial charge in [-0.1, -0.05) is 0 Å². The Balaban J connectivity index is 3.05. The first kappa shape index (κ1) is 6.15. The van der Waals surface area contributed by atoms with Gasteiger partial charge in [0.05, 0.1) is 11.8 Å². The lowest BCUT2D eigenvalue weighted by atomic mass is 10.4. The van der Waals surface area contributed by atoms with Gasteiger partial charge in [0.15, 0.2) is 0 Å². The second kappa shape index (κ2) is 1.95. The second-order valence-electron chi connectivity index (χ2n) is 2.40. The number of hydrogen-bond acceptors (Lipinski definition) is 2. The Hall–Kier alpha value is -1.58. The maximum atomic E-state index is 11.3. The Bertz CT molecular complexity index is 440. The van der Waals surface area contributed by atoms with Crippen LogP contribution in [0.1, 0.15) is 0 Å². The zero-order chi connectivity index (χ0) is 7.84. The molecule has 0 aromatic carbocycles. The van der Waals surface area contributed by atoms with E-state index in [0.29, 0.717) is 11.0 Å². The molecule has 1 N–H and O–H groups in total. The number of H-pyrrole nitrogens is 1. The van der Waals surface area contributed by atoms with Gasteiger partial charge in [0.1, 0.15) is 5.52 Å². The zero-order valence-corrected chi connectivity index (χ0v) is 6.03. The van der Waals surface area contributed by atoms with Crippen LogP contribution in [0.2, 0.25) is 0 Å². The number of hydrogen-bond donors (Lipinski definition) is 1. The molecule has 56 valence electrons. The quantitative estimate of drug-likeness (QED) is 0.584. The van der Waals surface area contributed by atoms with Crippen molar-refractivity contribution in [3.63, 3.8) is 0 Å². The van der Waals surface area contributed by atoms with E-state index in [0.717, 1.165) is 0 Å². The van der Waals surface area contributed by atoms with Gasteiger partial charge in [-0.15, -0.1) is 0 Å². The summed E-state index contributed by atoms with van der Waals surface area (Å²) >= 11 is 0. The van der Waals surface area contributed by atoms with E-state index in [1.165, 1.54) is 10.9 Å². The van der Waals surface area contributed by atoms with Crippen LogP contribution in [0.5, 0.6) is 0 Å². The van der Waals surface area contributed by atoms with Crippen LogP contribution in [0.4, 0.5) is 0 Å². The lowest BCUT2D eigenvalue weighted by Gasteiger charge is -1.93. The first-order valence-corrected chi connectivity index (χ1v) is 3.28. The molecule has 0 saturated carbocycles. The van der Waals surface area contributed by atoms with Crippen LogP contribution in [0.25, 0.3) is 11.0 Å². The average Bonchev–Trinajstić information content (AvgIpc) is 2.45. The molecule has 0 fully saturated rings. The molecule has 0 amide bonds. The maximum Gasteiger partial charge on any atom is 0.277 e. The summed E-state index contributed by atoms with van der Waals surface area (Å²) in [6, 6.07) is 1.77. The van der Waals surface area contributed by atoms with Gasteiger partial charge >= 0.3 is 0 Å². The van der Waals surface area contributed by atoms with Gasteiger partial charge in [0.25, 0.3) is 5.56 Å². The number of aromatic amines is 1. The third-order valence-electron chi connectivity index (χ3n) is 1.63. The van der Waals surface area contributed by atoms with Crippen LogP contribution in [0.15, 0.2) is 23.4 Å². The molecule has 2 heterocycles. The van der Waals surface area contributed by atoms with Gasteiger partial charge in [0, 0.05) is 13.2 Å². The molecule has 0 radical (unpaired) electrons. The molecule has 0 spiro atoms. The van der Waals surface area contributed by atoms with Crippen molar-refractivity contribution < 1.29 is 0 Å². The molecule has 0 aliphatic rings. The normalized spacial score (nSPS) is 10.6. The van der Waals surface area contributed by atoms with E-state index >= 15 is 0 Å². The topological polar surface area (TPSA) is 50.7 Å². The van der Waals surface area contributed by atoms with Crippen molar-refractivity contribution in [1.29, 1.82) is 0 Å². The fourth-order valence-electron chi connectivity index (χ4n) is 1.02. The summed E-state index contributed by atoms with van der Waals surface area (Å²) in [4.78, 5) is 18.1. The first-order valence-electron chi connectivity index (χ1n) is 3.28. The van der Waals surface area contributed by atoms with E-state index in [4.69, 9.17) is 0 Å². The van der Waals surface area contributed by atoms with Crippen molar-refractivity contribution in [3.8, 4) is 0 Å². The Kier molecular flexibility index (Phi) is 1.09. The standard InChI is InChI=1S/C7H7N3O/c1-10-4-9-5-2-3-8-6(5)7(10)11/h2-4,8H,1H3. The van der Waals surface area contributed by atoms with Crippen molar-refractivity contribution in [1.82, 2.24) is 14.5 Å². The van der Waals surface area contributed by atoms with Gasteiger partial charge in [-0.2, -0.15) is 0 Å². The number of rotatable bonds is 0. The highest BCUT2D eigenvalue weighted by Crippen LogP contribution is 2.00. The highest BCUT2D eigenvalue weighted by molar-refractivity contribution is 5.72. The van der Waals surface area contributed by atoms with Gasteiger partial charge in [-0.25, -0.2) is 4.98 Å². The minimum atomic E-state index is -0.0417. The molecule has 0 saturated heterocycles. The molecule has 0 atom stereocenters. The molecule has 2 aromatic rings. The predicted octanol–water partition coefficient (Wildman–Crippen LogP) is 0.262. The Labute approximate surface area is 62.5 Å². The van der Waals surface area contributed by atoms with Crippen molar-refractivity contribution in [2.45, 2.75) is 0 Å². The second-order valence-corrected chi connectivity index (χ2v) is 2.40. The molecule has 2 rings (SSSR count). The van der Waals surface area contributed by atoms with Gasteiger partial charge < -0.3 is 9.55 Å². The highest BCUT2D eigenvalue weighted by Gasteiger charge is 1.99. The molecule has 11 heavy (non-hydrogen) atoms. The van der Waals surface area contributed by atoms with Gasteiger partial charge in [0.2, 0.25) is 0 Å². The largest absolute Gasteiger partial charge is 0.355 e. The van der Waals surface area contributed by atoms with Crippen molar-refractivity contribution in [3.05, 3.63) is 28.9 Å². The Morgan fingerprint density at radius 3 is 3.27 bits per heavy atom. The van der Waals surface area contributed by atoms with Crippen LogP contribution in [0.3, 0.4) is 0 Å². The average molecular weight is 149 g/mol. The van der Waals surface area contributed by atoms with E-state index < -0.39 is 0 Å². The molecule has 0 bridgehead atoms. The summed E-state index contributed by atoms with van der Waals surface area (Å²) in [5.74, 6) is 0. The fourth-order valence-corrected chi connectivity index (χ4v) is 1.02. The van der Waals surface area contributed by atoms with Crippen LogP contribution in [-0.2, 0) is 7.05 Å². The van der Waals surface area contributed by atoms with E-state index in [2.05, 4.69) is 9.97 Å². The van der Waals surface area contributed by atoms with Crippen LogP contribution in [0, 0.1) is 0 Å². The smallest absolute Gasteiger partial charge is 0.277 e. The summed E-state index contributed by atoms with van der Waals surface area (Å²) in [5.41, 5.74) is 1.24. The predicted molar refractivity (Wildman–Crippen MR) is 41.3 cm³/mol.